The fraction of sp³-hybridized carbons (Fsp3) is 0.200. The molecule has 0 aliphatic heterocycles. The molecule has 1 atom stereocenters. The predicted molar refractivity (Wildman–Crippen MR) is 51.9 cm³/mol. The van der Waals surface area contributed by atoms with Crippen molar-refractivity contribution in [3.63, 3.8) is 0 Å². The van der Waals surface area contributed by atoms with Gasteiger partial charge in [-0.15, -0.1) is 0 Å². The Bertz CT molecular complexity index is 388. The molecule has 72 valence electrons. The molecule has 0 amide bonds. The Balaban J connectivity index is 3.10. The fourth-order valence-electron chi connectivity index (χ4n) is 1.01. The third-order valence-corrected chi connectivity index (χ3v) is 2.04. The third kappa shape index (κ3) is 1.73. The monoisotopic (exact) mass is 190 g/mol. The highest BCUT2D eigenvalue weighted by atomic mass is 16.4. The van der Waals surface area contributed by atoms with E-state index in [1.807, 2.05) is 0 Å². The summed E-state index contributed by atoms with van der Waals surface area (Å²) in [5.41, 5.74) is 5.14. The first kappa shape index (κ1) is 10.2. The minimum Gasteiger partial charge on any atom is -0.480 e. The average molecular weight is 190 g/mol. The summed E-state index contributed by atoms with van der Waals surface area (Å²) in [6, 6.07) is 6.22. The fourth-order valence-corrected chi connectivity index (χ4v) is 1.01. The van der Waals surface area contributed by atoms with Gasteiger partial charge in [-0.1, -0.05) is 24.3 Å². The number of hydrogen-bond acceptors (Lipinski definition) is 2. The molecule has 0 aromatic heterocycles. The normalized spacial score (nSPS) is 14.1. The Kier molecular flexibility index (Phi) is 2.54. The van der Waals surface area contributed by atoms with Gasteiger partial charge in [0, 0.05) is 0 Å². The van der Waals surface area contributed by atoms with Crippen LogP contribution in [0.1, 0.15) is 12.5 Å². The summed E-state index contributed by atoms with van der Waals surface area (Å²) in [7, 11) is 0. The topological polar surface area (TPSA) is 67.7 Å². The number of nitrogens with zero attached hydrogens (tertiary/aromatic N) is 1. The second-order valence-corrected chi connectivity index (χ2v) is 3.17. The van der Waals surface area contributed by atoms with Gasteiger partial charge in [0.15, 0.2) is 5.69 Å². The molecule has 0 radical (unpaired) electrons. The summed E-state index contributed by atoms with van der Waals surface area (Å²) in [6.45, 7) is 8.15. The smallest absolute Gasteiger partial charge is 0.328 e. The number of aliphatic carboxylic acids is 1. The van der Waals surface area contributed by atoms with Crippen molar-refractivity contribution in [2.75, 3.05) is 0 Å². The predicted octanol–water partition coefficient (Wildman–Crippen LogP) is 1.50. The van der Waals surface area contributed by atoms with Crippen molar-refractivity contribution in [3.8, 4) is 0 Å². The molecule has 1 aromatic carbocycles. The van der Waals surface area contributed by atoms with Gasteiger partial charge in [0.05, 0.1) is 6.57 Å². The minimum absolute atomic E-state index is 0.468. The molecule has 0 saturated carbocycles. The van der Waals surface area contributed by atoms with E-state index in [1.165, 1.54) is 6.92 Å². The maximum atomic E-state index is 10.8. The van der Waals surface area contributed by atoms with E-state index in [4.69, 9.17) is 17.4 Å². The number of benzene rings is 1. The van der Waals surface area contributed by atoms with Gasteiger partial charge in [-0.25, -0.2) is 9.64 Å². The van der Waals surface area contributed by atoms with Crippen molar-refractivity contribution in [1.29, 1.82) is 0 Å². The van der Waals surface area contributed by atoms with Gasteiger partial charge < -0.3 is 10.8 Å². The van der Waals surface area contributed by atoms with Gasteiger partial charge in [0.2, 0.25) is 0 Å². The van der Waals surface area contributed by atoms with Gasteiger partial charge in [-0.05, 0) is 12.5 Å². The summed E-state index contributed by atoms with van der Waals surface area (Å²) in [5.74, 6) is -1.09. The lowest BCUT2D eigenvalue weighted by molar-refractivity contribution is -0.143. The Morgan fingerprint density at radius 2 is 2.00 bits per heavy atom. The lowest BCUT2D eigenvalue weighted by Gasteiger charge is -2.19. The molecule has 1 unspecified atom stereocenters. The molecule has 1 rings (SSSR count). The number of hydrogen-bond donors (Lipinski definition) is 2. The maximum absolute atomic E-state index is 10.8. The lowest BCUT2D eigenvalue weighted by Crippen LogP contribution is -2.41. The molecule has 0 aliphatic carbocycles. The molecular formula is C10H10N2O2. The molecule has 0 fully saturated rings. The molecule has 0 spiro atoms. The van der Waals surface area contributed by atoms with Crippen LogP contribution < -0.4 is 5.73 Å². The first-order valence-electron chi connectivity index (χ1n) is 3.98. The van der Waals surface area contributed by atoms with Crippen LogP contribution in [0.15, 0.2) is 24.3 Å². The highest BCUT2D eigenvalue weighted by Gasteiger charge is 2.29. The Morgan fingerprint density at radius 1 is 1.50 bits per heavy atom. The summed E-state index contributed by atoms with van der Waals surface area (Å²) in [6.07, 6.45) is 0. The van der Waals surface area contributed by atoms with E-state index in [-0.39, 0.29) is 0 Å². The number of carboxylic acids is 1. The standard InChI is InChI=1S/C10H10N2O2/c1-10(11,9(13)14)7-3-5-8(12-2)6-4-7/h3-6H,11H2,1H3,(H,13,14). The van der Waals surface area contributed by atoms with Gasteiger partial charge in [0.1, 0.15) is 5.54 Å². The number of rotatable bonds is 2. The molecule has 0 saturated heterocycles. The van der Waals surface area contributed by atoms with Crippen molar-refractivity contribution in [2.24, 2.45) is 5.73 Å². The number of carboxylic acid groups (broad SMARTS) is 1. The van der Waals surface area contributed by atoms with Crippen LogP contribution in [-0.2, 0) is 10.3 Å². The summed E-state index contributed by atoms with van der Waals surface area (Å²) < 4.78 is 0. The van der Waals surface area contributed by atoms with E-state index >= 15 is 0 Å². The van der Waals surface area contributed by atoms with Crippen LogP contribution in [0.4, 0.5) is 5.69 Å². The Morgan fingerprint density at radius 3 is 2.36 bits per heavy atom. The maximum Gasteiger partial charge on any atom is 0.328 e. The van der Waals surface area contributed by atoms with Crippen molar-refractivity contribution in [1.82, 2.24) is 0 Å². The van der Waals surface area contributed by atoms with Crippen molar-refractivity contribution in [2.45, 2.75) is 12.5 Å². The van der Waals surface area contributed by atoms with Crippen LogP contribution in [0, 0.1) is 6.57 Å². The van der Waals surface area contributed by atoms with E-state index in [2.05, 4.69) is 4.85 Å². The molecule has 4 heteroatoms. The number of carbonyl (C=O) groups is 1. The van der Waals surface area contributed by atoms with Gasteiger partial charge in [-0.2, -0.15) is 0 Å². The van der Waals surface area contributed by atoms with Crippen LogP contribution >= 0.6 is 0 Å². The zero-order valence-electron chi connectivity index (χ0n) is 7.69. The molecule has 0 heterocycles. The SMILES string of the molecule is [C-]#[N+]c1ccc(C(C)(N)C(=O)O)cc1. The van der Waals surface area contributed by atoms with Crippen LogP contribution in [0.5, 0.6) is 0 Å². The minimum atomic E-state index is -1.40. The first-order chi connectivity index (χ1) is 6.48. The highest BCUT2D eigenvalue weighted by molar-refractivity contribution is 5.80. The molecule has 0 aliphatic rings. The van der Waals surface area contributed by atoms with Crippen molar-refractivity contribution >= 4 is 11.7 Å². The zero-order valence-corrected chi connectivity index (χ0v) is 7.69. The van der Waals surface area contributed by atoms with E-state index in [1.54, 1.807) is 24.3 Å². The Labute approximate surface area is 81.8 Å². The van der Waals surface area contributed by atoms with Crippen LogP contribution in [0.3, 0.4) is 0 Å². The van der Waals surface area contributed by atoms with Crippen LogP contribution in [0.25, 0.3) is 4.85 Å². The first-order valence-corrected chi connectivity index (χ1v) is 3.98. The zero-order chi connectivity index (χ0) is 10.8. The van der Waals surface area contributed by atoms with E-state index < -0.39 is 11.5 Å². The summed E-state index contributed by atoms with van der Waals surface area (Å²) >= 11 is 0. The number of nitrogens with two attached hydrogens (primary N) is 1. The quantitative estimate of drug-likeness (QED) is 0.694. The third-order valence-electron chi connectivity index (χ3n) is 2.04. The van der Waals surface area contributed by atoms with E-state index in [0.717, 1.165) is 0 Å². The summed E-state index contributed by atoms with van der Waals surface area (Å²) in [4.78, 5) is 14.0. The van der Waals surface area contributed by atoms with Crippen molar-refractivity contribution in [3.05, 3.63) is 41.2 Å². The molecule has 3 N–H and O–H groups in total. The highest BCUT2D eigenvalue weighted by Crippen LogP contribution is 2.21. The van der Waals surface area contributed by atoms with Crippen LogP contribution in [-0.4, -0.2) is 11.1 Å². The average Bonchev–Trinajstić information content (AvgIpc) is 2.17. The van der Waals surface area contributed by atoms with Crippen molar-refractivity contribution < 1.29 is 9.90 Å². The molecular weight excluding hydrogens is 180 g/mol. The molecule has 14 heavy (non-hydrogen) atoms. The second kappa shape index (κ2) is 3.48. The molecule has 4 nitrogen and oxygen atoms in total. The molecule has 0 bridgehead atoms. The second-order valence-electron chi connectivity index (χ2n) is 3.17. The van der Waals surface area contributed by atoms with Gasteiger partial charge >= 0.3 is 5.97 Å². The Hall–Kier alpha value is -1.86. The van der Waals surface area contributed by atoms with E-state index in [9.17, 15) is 4.79 Å². The summed E-state index contributed by atoms with van der Waals surface area (Å²) in [5, 5.41) is 8.84. The molecule has 1 aromatic rings. The van der Waals surface area contributed by atoms with Crippen LogP contribution in [0.2, 0.25) is 0 Å². The van der Waals surface area contributed by atoms with Gasteiger partial charge in [0.25, 0.3) is 0 Å². The largest absolute Gasteiger partial charge is 0.480 e. The van der Waals surface area contributed by atoms with Gasteiger partial charge in [-0.3, -0.25) is 0 Å². The van der Waals surface area contributed by atoms with E-state index in [0.29, 0.717) is 11.3 Å². The lowest BCUT2D eigenvalue weighted by atomic mass is 9.93.